The zero-order valence-corrected chi connectivity index (χ0v) is 23.7. The van der Waals surface area contributed by atoms with Gasteiger partial charge >= 0.3 is 6.03 Å². The minimum Gasteiger partial charge on any atom is -0.457 e. The summed E-state index contributed by atoms with van der Waals surface area (Å²) < 4.78 is 5.99. The molecule has 0 unspecified atom stereocenters. The average molecular weight is 570 g/mol. The van der Waals surface area contributed by atoms with Crippen molar-refractivity contribution in [1.29, 1.82) is 0 Å². The molecule has 3 heterocycles. The maximum Gasteiger partial charge on any atom is 0.331 e. The Morgan fingerprint density at radius 2 is 1.76 bits per heavy atom. The smallest absolute Gasteiger partial charge is 0.331 e. The van der Waals surface area contributed by atoms with Gasteiger partial charge in [0.1, 0.15) is 21.2 Å². The van der Waals surface area contributed by atoms with Crippen LogP contribution in [0, 0.1) is 6.92 Å². The number of amides is 4. The Labute approximate surface area is 241 Å². The van der Waals surface area contributed by atoms with E-state index in [2.05, 4.69) is 20.9 Å². The van der Waals surface area contributed by atoms with E-state index in [1.807, 2.05) is 62.4 Å². The predicted molar refractivity (Wildman–Crippen MR) is 160 cm³/mol. The lowest BCUT2D eigenvalue weighted by Crippen LogP contribution is -2.44. The van der Waals surface area contributed by atoms with E-state index in [4.69, 9.17) is 4.74 Å². The molecule has 1 saturated carbocycles. The highest BCUT2D eigenvalue weighted by atomic mass is 32.1. The molecular formula is C31H31N5O4S. The minimum atomic E-state index is -0.343. The average Bonchev–Trinajstić information content (AvgIpc) is 3.36. The van der Waals surface area contributed by atoms with Gasteiger partial charge in [-0.3, -0.25) is 14.5 Å². The van der Waals surface area contributed by atoms with Crippen LogP contribution in [-0.2, 0) is 4.79 Å². The van der Waals surface area contributed by atoms with E-state index in [0.29, 0.717) is 38.9 Å². The van der Waals surface area contributed by atoms with Gasteiger partial charge in [0, 0.05) is 24.7 Å². The fourth-order valence-electron chi connectivity index (χ4n) is 5.51. The number of hydrogen-bond acceptors (Lipinski definition) is 6. The highest BCUT2D eigenvalue weighted by molar-refractivity contribution is 7.21. The van der Waals surface area contributed by atoms with Crippen molar-refractivity contribution in [2.45, 2.75) is 58.0 Å². The number of hydrogen-bond donors (Lipinski definition) is 3. The number of anilines is 3. The van der Waals surface area contributed by atoms with Crippen molar-refractivity contribution >= 4 is 56.5 Å². The van der Waals surface area contributed by atoms with E-state index in [1.165, 1.54) is 11.3 Å². The Balaban J connectivity index is 1.29. The van der Waals surface area contributed by atoms with Gasteiger partial charge in [-0.15, -0.1) is 11.3 Å². The first-order valence-electron chi connectivity index (χ1n) is 13.9. The van der Waals surface area contributed by atoms with Crippen molar-refractivity contribution in [1.82, 2.24) is 15.6 Å². The number of para-hydroxylation sites is 1. The first-order chi connectivity index (χ1) is 19.9. The molecule has 10 heteroatoms. The molecule has 1 aliphatic carbocycles. The number of aromatic nitrogens is 1. The zero-order chi connectivity index (χ0) is 28.5. The molecule has 4 amide bonds. The molecule has 0 bridgehead atoms. The lowest BCUT2D eigenvalue weighted by atomic mass is 9.91. The molecule has 2 aromatic carbocycles. The molecule has 41 heavy (non-hydrogen) atoms. The Morgan fingerprint density at radius 1 is 1.02 bits per heavy atom. The molecule has 9 nitrogen and oxygen atoms in total. The monoisotopic (exact) mass is 569 g/mol. The Kier molecular flexibility index (Phi) is 7.32. The third-order valence-corrected chi connectivity index (χ3v) is 8.66. The number of pyridine rings is 1. The molecule has 0 radical (unpaired) electrons. The van der Waals surface area contributed by atoms with Crippen LogP contribution in [-0.4, -0.2) is 34.9 Å². The summed E-state index contributed by atoms with van der Waals surface area (Å²) in [7, 11) is 0. The molecular weight excluding hydrogens is 538 g/mol. The van der Waals surface area contributed by atoms with E-state index < -0.39 is 0 Å². The standard InChI is InChI=1S/C31H31N5O4S/c1-3-25(37)33-19-9-11-20(12-10-19)34-29(38)28-27-26-23(15-16-32-30(26)41-28)35-31(39)36(27)24-14-13-22(17-18(24)2)40-21-7-5-4-6-8-21/h4-8,13-17,19-20H,3,9-12H2,1-2H3,(H,33,37)(H,34,38)(H,35,39). The van der Waals surface area contributed by atoms with Gasteiger partial charge in [-0.2, -0.15) is 0 Å². The highest BCUT2D eigenvalue weighted by Crippen LogP contribution is 2.47. The number of nitrogens with one attached hydrogen (secondary N) is 3. The van der Waals surface area contributed by atoms with Gasteiger partial charge in [0.05, 0.1) is 22.4 Å². The van der Waals surface area contributed by atoms with E-state index in [0.717, 1.165) is 42.4 Å². The largest absolute Gasteiger partial charge is 0.457 e. The highest BCUT2D eigenvalue weighted by Gasteiger charge is 2.35. The Hall–Kier alpha value is -4.44. The number of rotatable bonds is 7. The Bertz CT molecular complexity index is 1630. The quantitative estimate of drug-likeness (QED) is 0.231. The van der Waals surface area contributed by atoms with Gasteiger partial charge in [0.25, 0.3) is 5.91 Å². The molecule has 3 N–H and O–H groups in total. The number of ether oxygens (including phenoxy) is 1. The molecule has 2 aliphatic rings. The van der Waals surface area contributed by atoms with Crippen LogP contribution >= 0.6 is 11.3 Å². The van der Waals surface area contributed by atoms with E-state index >= 15 is 0 Å². The van der Waals surface area contributed by atoms with Crippen LogP contribution in [0.2, 0.25) is 0 Å². The second-order valence-corrected chi connectivity index (χ2v) is 11.4. The number of benzene rings is 2. The molecule has 1 fully saturated rings. The summed E-state index contributed by atoms with van der Waals surface area (Å²) in [5.74, 6) is 1.20. The van der Waals surface area contributed by atoms with Gasteiger partial charge in [-0.1, -0.05) is 25.1 Å². The molecule has 1 aliphatic heterocycles. The second-order valence-electron chi connectivity index (χ2n) is 10.4. The normalized spacial score (nSPS) is 18.1. The van der Waals surface area contributed by atoms with Gasteiger partial charge in [0.2, 0.25) is 5.91 Å². The molecule has 6 rings (SSSR count). The van der Waals surface area contributed by atoms with E-state index in [1.54, 1.807) is 17.2 Å². The van der Waals surface area contributed by atoms with E-state index in [-0.39, 0.29) is 29.9 Å². The second kappa shape index (κ2) is 11.2. The summed E-state index contributed by atoms with van der Waals surface area (Å²) in [6.45, 7) is 3.76. The van der Waals surface area contributed by atoms with Crippen molar-refractivity contribution in [3.8, 4) is 11.5 Å². The first-order valence-corrected chi connectivity index (χ1v) is 14.7. The maximum atomic E-state index is 13.8. The third-order valence-electron chi connectivity index (χ3n) is 7.58. The van der Waals surface area contributed by atoms with Crippen LogP contribution < -0.4 is 25.6 Å². The van der Waals surface area contributed by atoms with Crippen LogP contribution in [0.15, 0.2) is 60.8 Å². The number of aryl methyl sites for hydroxylation is 1. The van der Waals surface area contributed by atoms with Gasteiger partial charge < -0.3 is 20.7 Å². The van der Waals surface area contributed by atoms with Crippen LogP contribution in [0.1, 0.15) is 54.3 Å². The summed E-state index contributed by atoms with van der Waals surface area (Å²) >= 11 is 1.28. The van der Waals surface area contributed by atoms with Crippen molar-refractivity contribution in [2.24, 2.45) is 0 Å². The van der Waals surface area contributed by atoms with Crippen LogP contribution in [0.25, 0.3) is 10.2 Å². The molecule has 4 aromatic rings. The number of carbonyl (C=O) groups excluding carboxylic acids is 3. The summed E-state index contributed by atoms with van der Waals surface area (Å²) in [6, 6.07) is 16.6. The third kappa shape index (κ3) is 5.35. The lowest BCUT2D eigenvalue weighted by molar-refractivity contribution is -0.121. The fraction of sp³-hybridized carbons (Fsp3) is 0.290. The Morgan fingerprint density at radius 3 is 2.46 bits per heavy atom. The van der Waals surface area contributed by atoms with Crippen molar-refractivity contribution < 1.29 is 19.1 Å². The van der Waals surface area contributed by atoms with Crippen molar-refractivity contribution in [2.75, 3.05) is 10.2 Å². The SMILES string of the molecule is CCC(=O)NC1CCC(NC(=O)c2sc3nccc4c3c2N(c2ccc(Oc3ccccc3)cc2C)C(=O)N4)CC1. The molecule has 0 spiro atoms. The van der Waals surface area contributed by atoms with Gasteiger partial charge in [0.15, 0.2) is 0 Å². The molecule has 2 aromatic heterocycles. The molecule has 0 saturated heterocycles. The number of nitrogens with zero attached hydrogens (tertiary/aromatic N) is 2. The van der Waals surface area contributed by atoms with Gasteiger partial charge in [-0.05, 0) is 74.6 Å². The van der Waals surface area contributed by atoms with Crippen molar-refractivity contribution in [3.63, 3.8) is 0 Å². The van der Waals surface area contributed by atoms with Gasteiger partial charge in [-0.25, -0.2) is 9.78 Å². The van der Waals surface area contributed by atoms with Crippen molar-refractivity contribution in [3.05, 3.63) is 71.2 Å². The fourth-order valence-corrected chi connectivity index (χ4v) is 6.57. The molecule has 0 atom stereocenters. The zero-order valence-electron chi connectivity index (χ0n) is 22.9. The maximum absolute atomic E-state index is 13.8. The summed E-state index contributed by atoms with van der Waals surface area (Å²) in [5.41, 5.74) is 2.64. The predicted octanol–water partition coefficient (Wildman–Crippen LogP) is 6.65. The summed E-state index contributed by atoms with van der Waals surface area (Å²) in [5, 5.41) is 9.97. The lowest BCUT2D eigenvalue weighted by Gasteiger charge is -2.31. The number of thiophene rings is 1. The van der Waals surface area contributed by atoms with Crippen LogP contribution in [0.4, 0.5) is 21.9 Å². The van der Waals surface area contributed by atoms with Crippen LogP contribution in [0.5, 0.6) is 11.5 Å². The number of urea groups is 1. The summed E-state index contributed by atoms with van der Waals surface area (Å²) in [6.07, 6.45) is 5.28. The minimum absolute atomic E-state index is 0.0101. The topological polar surface area (TPSA) is 113 Å². The molecule has 210 valence electrons. The first kappa shape index (κ1) is 26.8. The summed E-state index contributed by atoms with van der Waals surface area (Å²) in [4.78, 5) is 46.3. The number of carbonyl (C=O) groups is 3. The van der Waals surface area contributed by atoms with Crippen LogP contribution in [0.3, 0.4) is 0 Å². The van der Waals surface area contributed by atoms with E-state index in [9.17, 15) is 14.4 Å².